The Balaban J connectivity index is 2.24. The summed E-state index contributed by atoms with van der Waals surface area (Å²) in [5.41, 5.74) is 0.228. The van der Waals surface area contributed by atoms with E-state index < -0.39 is 5.82 Å². The van der Waals surface area contributed by atoms with Crippen molar-refractivity contribution in [1.82, 2.24) is 0 Å². The van der Waals surface area contributed by atoms with Crippen molar-refractivity contribution in [1.29, 1.82) is 0 Å². The predicted molar refractivity (Wildman–Crippen MR) is 69.6 cm³/mol. The van der Waals surface area contributed by atoms with Crippen LogP contribution >= 0.6 is 15.9 Å². The summed E-state index contributed by atoms with van der Waals surface area (Å²) in [5, 5.41) is 0. The summed E-state index contributed by atoms with van der Waals surface area (Å²) >= 11 is 3.27. The molecule has 0 saturated heterocycles. The third-order valence-electron chi connectivity index (χ3n) is 3.52. The van der Waals surface area contributed by atoms with Gasteiger partial charge in [0.05, 0.1) is 5.56 Å². The number of halogens is 2. The van der Waals surface area contributed by atoms with E-state index in [1.165, 1.54) is 12.5 Å². The number of carbonyl (C=O) groups is 1. The van der Waals surface area contributed by atoms with Crippen molar-refractivity contribution < 1.29 is 9.18 Å². The van der Waals surface area contributed by atoms with Crippen LogP contribution in [-0.4, -0.2) is 5.78 Å². The average molecular weight is 299 g/mol. The molecule has 0 heterocycles. The number of hydrogen-bond acceptors (Lipinski definition) is 1. The minimum Gasteiger partial charge on any atom is -0.294 e. The molecule has 0 radical (unpaired) electrons. The molecule has 0 aliphatic heterocycles. The first-order chi connectivity index (χ1) is 8.09. The molecule has 0 N–H and O–H groups in total. The summed E-state index contributed by atoms with van der Waals surface area (Å²) in [6.07, 6.45) is 4.04. The monoisotopic (exact) mass is 298 g/mol. The van der Waals surface area contributed by atoms with Crippen LogP contribution in [0.5, 0.6) is 0 Å². The van der Waals surface area contributed by atoms with Crippen LogP contribution in [0.1, 0.15) is 43.0 Å². The van der Waals surface area contributed by atoms with Gasteiger partial charge in [0.2, 0.25) is 0 Å². The minimum atomic E-state index is -0.414. The third-order valence-corrected chi connectivity index (χ3v) is 4.18. The van der Waals surface area contributed by atoms with Crippen LogP contribution in [0, 0.1) is 17.7 Å². The first-order valence-electron chi connectivity index (χ1n) is 6.08. The van der Waals surface area contributed by atoms with Gasteiger partial charge in [-0.25, -0.2) is 4.39 Å². The quantitative estimate of drug-likeness (QED) is 0.730. The molecular weight excluding hydrogens is 283 g/mol. The van der Waals surface area contributed by atoms with Crippen molar-refractivity contribution in [3.63, 3.8) is 0 Å². The topological polar surface area (TPSA) is 17.1 Å². The summed E-state index contributed by atoms with van der Waals surface area (Å²) in [5.74, 6) is 0.110. The van der Waals surface area contributed by atoms with Crippen LogP contribution in [0.4, 0.5) is 4.39 Å². The number of carbonyl (C=O) groups excluding carboxylic acids is 1. The second-order valence-corrected chi connectivity index (χ2v) is 5.78. The van der Waals surface area contributed by atoms with E-state index in [1.807, 2.05) is 0 Å². The number of hydrogen-bond donors (Lipinski definition) is 0. The number of Topliss-reactive ketones (excluding diaryl/α,β-unsaturated/α-hetero) is 1. The van der Waals surface area contributed by atoms with Gasteiger partial charge < -0.3 is 0 Å². The van der Waals surface area contributed by atoms with Gasteiger partial charge in [-0.1, -0.05) is 25.8 Å². The highest BCUT2D eigenvalue weighted by molar-refractivity contribution is 9.10. The normalized spacial score (nSPS) is 24.6. The fraction of sp³-hybridized carbons (Fsp3) is 0.500. The summed E-state index contributed by atoms with van der Waals surface area (Å²) in [6.45, 7) is 2.16. The van der Waals surface area contributed by atoms with Crippen LogP contribution in [0.25, 0.3) is 0 Å². The summed E-state index contributed by atoms with van der Waals surface area (Å²) in [7, 11) is 0. The van der Waals surface area contributed by atoms with Gasteiger partial charge in [-0.2, -0.15) is 0 Å². The van der Waals surface area contributed by atoms with Crippen LogP contribution in [-0.2, 0) is 0 Å². The van der Waals surface area contributed by atoms with Gasteiger partial charge in [0.1, 0.15) is 5.82 Å². The molecule has 0 bridgehead atoms. The number of benzene rings is 1. The van der Waals surface area contributed by atoms with E-state index in [1.54, 1.807) is 12.1 Å². The van der Waals surface area contributed by atoms with Gasteiger partial charge in [0, 0.05) is 10.4 Å². The van der Waals surface area contributed by atoms with Gasteiger partial charge in [-0.05, 0) is 46.8 Å². The van der Waals surface area contributed by atoms with E-state index >= 15 is 0 Å². The standard InChI is InChI=1S/C14H16BrFO/c1-9-4-2-5-10(8-9)14(17)13-11(15)6-3-7-12(13)16/h3,6-7,9-10H,2,4-5,8H2,1H3. The highest BCUT2D eigenvalue weighted by Crippen LogP contribution is 2.33. The van der Waals surface area contributed by atoms with Crippen molar-refractivity contribution in [3.05, 3.63) is 34.1 Å². The zero-order valence-electron chi connectivity index (χ0n) is 9.88. The molecule has 1 aliphatic carbocycles. The van der Waals surface area contributed by atoms with Gasteiger partial charge in [0.15, 0.2) is 5.78 Å². The third kappa shape index (κ3) is 2.76. The van der Waals surface area contributed by atoms with E-state index in [0.717, 1.165) is 19.3 Å². The van der Waals surface area contributed by atoms with Crippen LogP contribution < -0.4 is 0 Å². The van der Waals surface area contributed by atoms with Crippen molar-refractivity contribution >= 4 is 21.7 Å². The Kier molecular flexibility index (Phi) is 3.97. The molecule has 1 aromatic rings. The fourth-order valence-corrected chi connectivity index (χ4v) is 3.15. The molecule has 0 aromatic heterocycles. The van der Waals surface area contributed by atoms with Gasteiger partial charge in [-0.3, -0.25) is 4.79 Å². The van der Waals surface area contributed by atoms with Crippen molar-refractivity contribution in [2.45, 2.75) is 32.6 Å². The molecular formula is C14H16BrFO. The first kappa shape index (κ1) is 12.7. The molecule has 0 spiro atoms. The summed E-state index contributed by atoms with van der Waals surface area (Å²) in [4.78, 5) is 12.3. The zero-order valence-corrected chi connectivity index (χ0v) is 11.5. The molecule has 3 heteroatoms. The first-order valence-corrected chi connectivity index (χ1v) is 6.87. The zero-order chi connectivity index (χ0) is 12.4. The van der Waals surface area contributed by atoms with Gasteiger partial charge >= 0.3 is 0 Å². The van der Waals surface area contributed by atoms with Crippen molar-refractivity contribution in [2.75, 3.05) is 0 Å². The lowest BCUT2D eigenvalue weighted by Crippen LogP contribution is -2.23. The van der Waals surface area contributed by atoms with E-state index in [2.05, 4.69) is 22.9 Å². The van der Waals surface area contributed by atoms with Crippen molar-refractivity contribution in [2.24, 2.45) is 11.8 Å². The Bertz CT molecular complexity index is 410. The van der Waals surface area contributed by atoms with E-state index in [0.29, 0.717) is 10.4 Å². The number of rotatable bonds is 2. The Hall–Kier alpha value is -0.700. The Morgan fingerprint density at radius 1 is 1.41 bits per heavy atom. The molecule has 2 rings (SSSR count). The highest BCUT2D eigenvalue weighted by Gasteiger charge is 2.28. The predicted octanol–water partition coefficient (Wildman–Crippen LogP) is 4.60. The Labute approximate surface area is 110 Å². The maximum atomic E-state index is 13.7. The lowest BCUT2D eigenvalue weighted by molar-refractivity contribution is 0.0863. The van der Waals surface area contributed by atoms with E-state index in [4.69, 9.17) is 0 Å². The molecule has 0 amide bonds. The lowest BCUT2D eigenvalue weighted by atomic mass is 9.79. The number of ketones is 1. The second kappa shape index (κ2) is 5.30. The Morgan fingerprint density at radius 3 is 2.82 bits per heavy atom. The maximum absolute atomic E-state index is 13.7. The molecule has 1 fully saturated rings. The van der Waals surface area contributed by atoms with Crippen LogP contribution in [0.3, 0.4) is 0 Å². The molecule has 17 heavy (non-hydrogen) atoms. The van der Waals surface area contributed by atoms with Gasteiger partial charge in [0.25, 0.3) is 0 Å². The van der Waals surface area contributed by atoms with E-state index in [-0.39, 0.29) is 17.3 Å². The molecule has 1 aliphatic rings. The molecule has 92 valence electrons. The smallest absolute Gasteiger partial charge is 0.170 e. The average Bonchev–Trinajstić information content (AvgIpc) is 2.28. The second-order valence-electron chi connectivity index (χ2n) is 4.93. The van der Waals surface area contributed by atoms with E-state index in [9.17, 15) is 9.18 Å². The maximum Gasteiger partial charge on any atom is 0.170 e. The molecule has 2 unspecified atom stereocenters. The largest absolute Gasteiger partial charge is 0.294 e. The fourth-order valence-electron chi connectivity index (χ4n) is 2.61. The molecule has 2 atom stereocenters. The van der Waals surface area contributed by atoms with Crippen LogP contribution in [0.15, 0.2) is 22.7 Å². The Morgan fingerprint density at radius 2 is 2.18 bits per heavy atom. The molecule has 1 nitrogen and oxygen atoms in total. The molecule has 1 aromatic carbocycles. The SMILES string of the molecule is CC1CCCC(C(=O)c2c(F)cccc2Br)C1. The summed E-state index contributed by atoms with van der Waals surface area (Å²) < 4.78 is 14.3. The molecule has 1 saturated carbocycles. The van der Waals surface area contributed by atoms with Crippen LogP contribution in [0.2, 0.25) is 0 Å². The summed E-state index contributed by atoms with van der Waals surface area (Å²) in [6, 6.07) is 4.69. The van der Waals surface area contributed by atoms with Gasteiger partial charge in [-0.15, -0.1) is 0 Å². The lowest BCUT2D eigenvalue weighted by Gasteiger charge is -2.26. The highest BCUT2D eigenvalue weighted by atomic mass is 79.9. The minimum absolute atomic E-state index is 0.00745. The van der Waals surface area contributed by atoms with Crippen molar-refractivity contribution in [3.8, 4) is 0 Å².